The average molecular weight is 315 g/mol. The molecule has 7 nitrogen and oxygen atoms in total. The van der Waals surface area contributed by atoms with Crippen LogP contribution < -0.4 is 22.0 Å². The second-order valence-corrected chi connectivity index (χ2v) is 6.56. The lowest BCUT2D eigenvalue weighted by Crippen LogP contribution is -2.38. The molecule has 1 aromatic rings. The van der Waals surface area contributed by atoms with Gasteiger partial charge in [0.2, 0.25) is 0 Å². The van der Waals surface area contributed by atoms with Gasteiger partial charge in [-0.1, -0.05) is 0 Å². The summed E-state index contributed by atoms with van der Waals surface area (Å²) in [5.41, 5.74) is 15.8. The van der Waals surface area contributed by atoms with Crippen LogP contribution in [0, 0.1) is 11.8 Å². The molecule has 3 aliphatic rings. The smallest absolute Gasteiger partial charge is 0.141 e. The molecule has 0 saturated heterocycles. The molecule has 0 atom stereocenters. The van der Waals surface area contributed by atoms with Crippen LogP contribution in [0.15, 0.2) is 23.0 Å². The van der Waals surface area contributed by atoms with Gasteiger partial charge in [-0.05, 0) is 44.2 Å². The minimum absolute atomic E-state index is 0.586. The molecule has 1 aliphatic carbocycles. The summed E-state index contributed by atoms with van der Waals surface area (Å²) < 4.78 is 0. The molecule has 0 unspecified atom stereocenters. The molecular weight excluding hydrogens is 290 g/mol. The van der Waals surface area contributed by atoms with Gasteiger partial charge in [0.1, 0.15) is 12.2 Å². The summed E-state index contributed by atoms with van der Waals surface area (Å²) in [4.78, 5) is 7.62. The molecular formula is C16H25N7. The van der Waals surface area contributed by atoms with Crippen molar-refractivity contribution in [3.05, 3.63) is 23.5 Å². The number of nitrogens with two attached hydrogens (primary N) is 1. The zero-order chi connectivity index (χ0) is 15.6. The van der Waals surface area contributed by atoms with Crippen LogP contribution in [0.25, 0.3) is 5.70 Å². The monoisotopic (exact) mass is 315 g/mol. The van der Waals surface area contributed by atoms with Gasteiger partial charge >= 0.3 is 0 Å². The van der Waals surface area contributed by atoms with E-state index in [1.165, 1.54) is 42.6 Å². The molecule has 1 aromatic heterocycles. The van der Waals surface area contributed by atoms with Crippen molar-refractivity contribution >= 4 is 17.9 Å². The summed E-state index contributed by atoms with van der Waals surface area (Å²) in [5, 5.41) is 5.44. The van der Waals surface area contributed by atoms with Crippen molar-refractivity contribution in [1.82, 2.24) is 26.3 Å². The third-order valence-electron chi connectivity index (χ3n) is 5.10. The number of hydrogen-bond donors (Lipinski definition) is 5. The van der Waals surface area contributed by atoms with Gasteiger partial charge < -0.3 is 21.5 Å². The predicted octanol–water partition coefficient (Wildman–Crippen LogP) is 1.04. The molecule has 0 spiro atoms. The number of allylic oxidation sites excluding steroid dienone is 1. The molecule has 6 N–H and O–H groups in total. The summed E-state index contributed by atoms with van der Waals surface area (Å²) in [6.07, 6.45) is 8.79. The van der Waals surface area contributed by atoms with E-state index < -0.39 is 0 Å². The largest absolute Gasteiger partial charge is 0.346 e. The van der Waals surface area contributed by atoms with Gasteiger partial charge in [0.05, 0.1) is 11.4 Å². The Hall–Kier alpha value is -1.83. The highest BCUT2D eigenvalue weighted by molar-refractivity contribution is 5.87. The van der Waals surface area contributed by atoms with Crippen LogP contribution in [0.4, 0.5) is 5.82 Å². The Bertz CT molecular complexity index is 610. The van der Waals surface area contributed by atoms with Gasteiger partial charge in [-0.25, -0.2) is 10.0 Å². The molecule has 4 rings (SSSR count). The first kappa shape index (κ1) is 14.7. The molecule has 0 amide bonds. The quantitative estimate of drug-likeness (QED) is 0.524. The minimum atomic E-state index is 0.586. The van der Waals surface area contributed by atoms with E-state index in [-0.39, 0.29) is 0 Å². The Morgan fingerprint density at radius 2 is 2.17 bits per heavy atom. The number of H-pyrrole nitrogens is 1. The number of aromatic nitrogens is 1. The van der Waals surface area contributed by atoms with E-state index in [1.807, 2.05) is 17.5 Å². The molecule has 1 fully saturated rings. The summed E-state index contributed by atoms with van der Waals surface area (Å²) in [5.74, 6) is 2.31. The van der Waals surface area contributed by atoms with E-state index >= 15 is 0 Å². The highest BCUT2D eigenvalue weighted by atomic mass is 15.7. The topological polar surface area (TPSA) is 93.5 Å². The van der Waals surface area contributed by atoms with E-state index in [0.29, 0.717) is 5.92 Å². The first-order valence-corrected chi connectivity index (χ1v) is 8.54. The van der Waals surface area contributed by atoms with Gasteiger partial charge in [0, 0.05) is 30.8 Å². The van der Waals surface area contributed by atoms with E-state index in [2.05, 4.69) is 32.3 Å². The number of hydrazine groups is 2. The fraction of sp³-hybridized carbons (Fsp3) is 0.562. The maximum Gasteiger partial charge on any atom is 0.141 e. The summed E-state index contributed by atoms with van der Waals surface area (Å²) in [6.45, 7) is 2.74. The van der Waals surface area contributed by atoms with E-state index in [1.54, 1.807) is 0 Å². The van der Waals surface area contributed by atoms with Crippen LogP contribution in [-0.4, -0.2) is 36.0 Å². The zero-order valence-electron chi connectivity index (χ0n) is 13.3. The Morgan fingerprint density at radius 3 is 3.00 bits per heavy atom. The number of rotatable bonds is 5. The minimum Gasteiger partial charge on any atom is -0.346 e. The molecule has 0 bridgehead atoms. The highest BCUT2D eigenvalue weighted by Crippen LogP contribution is 2.40. The van der Waals surface area contributed by atoms with Crippen LogP contribution in [0.1, 0.15) is 31.2 Å². The fourth-order valence-corrected chi connectivity index (χ4v) is 3.86. The maximum atomic E-state index is 5.54. The Balaban J connectivity index is 1.45. The van der Waals surface area contributed by atoms with Crippen molar-refractivity contribution in [2.24, 2.45) is 22.6 Å². The molecule has 0 radical (unpaired) electrons. The second kappa shape index (κ2) is 6.35. The Morgan fingerprint density at radius 1 is 1.30 bits per heavy atom. The molecule has 7 heteroatoms. The molecule has 124 valence electrons. The van der Waals surface area contributed by atoms with Crippen LogP contribution in [0.5, 0.6) is 0 Å². The molecule has 23 heavy (non-hydrogen) atoms. The van der Waals surface area contributed by atoms with Crippen molar-refractivity contribution in [1.29, 1.82) is 0 Å². The van der Waals surface area contributed by atoms with Gasteiger partial charge in [-0.15, -0.1) is 5.53 Å². The number of nitrogens with one attached hydrogen (secondary N) is 4. The number of aromatic amines is 1. The van der Waals surface area contributed by atoms with Gasteiger partial charge in [0.15, 0.2) is 0 Å². The summed E-state index contributed by atoms with van der Waals surface area (Å²) in [6, 6.07) is 2.10. The van der Waals surface area contributed by atoms with E-state index in [4.69, 9.17) is 5.73 Å². The number of hydrogen-bond acceptors (Lipinski definition) is 6. The predicted molar refractivity (Wildman–Crippen MR) is 91.3 cm³/mol. The lowest BCUT2D eigenvalue weighted by atomic mass is 9.79. The van der Waals surface area contributed by atoms with Crippen LogP contribution >= 0.6 is 0 Å². The molecule has 1 saturated carbocycles. The third-order valence-corrected chi connectivity index (χ3v) is 5.10. The van der Waals surface area contributed by atoms with Crippen molar-refractivity contribution in [3.8, 4) is 0 Å². The van der Waals surface area contributed by atoms with E-state index in [9.17, 15) is 0 Å². The number of fused-ring (bicyclic) bond motifs is 3. The Labute approximate surface area is 136 Å². The summed E-state index contributed by atoms with van der Waals surface area (Å²) >= 11 is 0. The van der Waals surface area contributed by atoms with Crippen molar-refractivity contribution in [2.75, 3.05) is 19.6 Å². The molecule has 0 aromatic carbocycles. The third kappa shape index (κ3) is 2.75. The van der Waals surface area contributed by atoms with Crippen LogP contribution in [0.3, 0.4) is 0 Å². The van der Waals surface area contributed by atoms with Crippen molar-refractivity contribution in [2.45, 2.75) is 25.7 Å². The number of aliphatic imine (C=N–C) groups is 1. The van der Waals surface area contributed by atoms with Crippen molar-refractivity contribution < 1.29 is 0 Å². The van der Waals surface area contributed by atoms with Crippen LogP contribution in [-0.2, 0) is 0 Å². The lowest BCUT2D eigenvalue weighted by molar-refractivity contribution is 0.283. The van der Waals surface area contributed by atoms with Crippen molar-refractivity contribution in [3.63, 3.8) is 0 Å². The van der Waals surface area contributed by atoms with Gasteiger partial charge in [-0.3, -0.25) is 0 Å². The van der Waals surface area contributed by atoms with E-state index in [0.717, 1.165) is 31.4 Å². The highest BCUT2D eigenvalue weighted by Gasteiger charge is 2.33. The lowest BCUT2D eigenvalue weighted by Gasteiger charge is -2.29. The first-order chi connectivity index (χ1) is 11.4. The normalized spacial score (nSPS) is 26.2. The second-order valence-electron chi connectivity index (χ2n) is 6.56. The molecule has 2 aliphatic heterocycles. The first-order valence-electron chi connectivity index (χ1n) is 8.54. The van der Waals surface area contributed by atoms with Gasteiger partial charge in [0.25, 0.3) is 0 Å². The number of nitrogens with zero attached hydrogens (tertiary/aromatic N) is 2. The summed E-state index contributed by atoms with van der Waals surface area (Å²) in [7, 11) is 0. The standard InChI is InChI=1S/C16H25N7/c17-6-8-18-9-11-1-3-12(4-2-11)14-15-13-5-7-19-16(13)20-10-23(15)22-21-14/h5,7,10-12,18-19,21-22H,1-4,6,8-9,17H2. The Kier molecular flexibility index (Phi) is 4.07. The fourth-order valence-electron chi connectivity index (χ4n) is 3.86. The zero-order valence-corrected chi connectivity index (χ0v) is 13.3. The maximum absolute atomic E-state index is 5.54. The molecule has 3 heterocycles. The van der Waals surface area contributed by atoms with Gasteiger partial charge in [-0.2, -0.15) is 0 Å². The SMILES string of the molecule is NCCNCC1CCC(C2=C3c4cc[nH]c4N=CN3NN2)CC1. The average Bonchev–Trinajstić information content (AvgIpc) is 3.21. The van der Waals surface area contributed by atoms with Crippen LogP contribution in [0.2, 0.25) is 0 Å².